The molecule has 1 aromatic heterocycles. The number of rotatable bonds is 9. The van der Waals surface area contributed by atoms with Gasteiger partial charge in [0, 0.05) is 19.1 Å². The van der Waals surface area contributed by atoms with Gasteiger partial charge < -0.3 is 14.2 Å². The number of nitrogens with zero attached hydrogens (tertiary/aromatic N) is 4. The molecular formula is C21H29ClN4O2S. The van der Waals surface area contributed by atoms with E-state index in [2.05, 4.69) is 28.6 Å². The van der Waals surface area contributed by atoms with Crippen LogP contribution in [0.1, 0.15) is 57.8 Å². The molecule has 8 heteroatoms. The summed E-state index contributed by atoms with van der Waals surface area (Å²) < 4.78 is 8.03. The summed E-state index contributed by atoms with van der Waals surface area (Å²) in [6, 6.07) is 7.67. The van der Waals surface area contributed by atoms with Gasteiger partial charge in [0.15, 0.2) is 11.0 Å². The van der Waals surface area contributed by atoms with Gasteiger partial charge in [0.25, 0.3) is 0 Å². The maximum Gasteiger partial charge on any atom is 0.233 e. The van der Waals surface area contributed by atoms with Crippen molar-refractivity contribution in [2.75, 3.05) is 18.8 Å². The zero-order valence-corrected chi connectivity index (χ0v) is 18.7. The molecule has 2 heterocycles. The number of hydrogen-bond acceptors (Lipinski definition) is 5. The first-order valence-electron chi connectivity index (χ1n) is 10.4. The second kappa shape index (κ2) is 10.9. The van der Waals surface area contributed by atoms with Crippen LogP contribution in [-0.4, -0.2) is 44.4 Å². The molecule has 1 amide bonds. The third kappa shape index (κ3) is 5.66. The number of piperidine rings is 1. The first-order chi connectivity index (χ1) is 14.1. The van der Waals surface area contributed by atoms with Gasteiger partial charge in [-0.25, -0.2) is 0 Å². The van der Waals surface area contributed by atoms with Crippen molar-refractivity contribution in [3.8, 4) is 5.75 Å². The molecule has 2 aromatic rings. The number of benzene rings is 1. The van der Waals surface area contributed by atoms with Crippen LogP contribution in [0, 0.1) is 0 Å². The van der Waals surface area contributed by atoms with Gasteiger partial charge in [-0.05, 0) is 44.2 Å². The molecule has 1 aromatic carbocycles. The van der Waals surface area contributed by atoms with E-state index in [1.54, 1.807) is 6.07 Å². The van der Waals surface area contributed by atoms with Gasteiger partial charge in [-0.3, -0.25) is 4.79 Å². The zero-order valence-electron chi connectivity index (χ0n) is 17.1. The minimum Gasteiger partial charge on any atom is -0.484 e. The van der Waals surface area contributed by atoms with Crippen molar-refractivity contribution in [2.24, 2.45) is 0 Å². The van der Waals surface area contributed by atoms with Crippen molar-refractivity contribution in [2.45, 2.75) is 63.8 Å². The van der Waals surface area contributed by atoms with Gasteiger partial charge >= 0.3 is 0 Å². The van der Waals surface area contributed by atoms with E-state index in [9.17, 15) is 4.79 Å². The molecule has 0 N–H and O–H groups in total. The Morgan fingerprint density at radius 2 is 1.90 bits per heavy atom. The molecular weight excluding hydrogens is 408 g/mol. The zero-order chi connectivity index (χ0) is 20.6. The minimum absolute atomic E-state index is 0.183. The topological polar surface area (TPSA) is 60.2 Å². The Bertz CT molecular complexity index is 804. The van der Waals surface area contributed by atoms with E-state index in [0.29, 0.717) is 16.5 Å². The number of para-hydroxylation sites is 1. The third-order valence-electron chi connectivity index (χ3n) is 5.27. The first kappa shape index (κ1) is 22.0. The smallest absolute Gasteiger partial charge is 0.233 e. The molecule has 1 aliphatic heterocycles. The van der Waals surface area contributed by atoms with Gasteiger partial charge in [0.1, 0.15) is 12.4 Å². The maximum absolute atomic E-state index is 12.6. The Balaban J connectivity index is 1.71. The van der Waals surface area contributed by atoms with Crippen molar-refractivity contribution < 1.29 is 9.53 Å². The molecule has 0 unspecified atom stereocenters. The van der Waals surface area contributed by atoms with Gasteiger partial charge in [0.05, 0.1) is 10.8 Å². The molecule has 0 spiro atoms. The highest BCUT2D eigenvalue weighted by atomic mass is 35.5. The molecule has 6 nitrogen and oxygen atoms in total. The Morgan fingerprint density at radius 3 is 2.59 bits per heavy atom. The quantitative estimate of drug-likeness (QED) is 0.519. The fourth-order valence-electron chi connectivity index (χ4n) is 3.59. The van der Waals surface area contributed by atoms with Crippen LogP contribution in [0.25, 0.3) is 0 Å². The Kier molecular flexibility index (Phi) is 8.24. The lowest BCUT2D eigenvalue weighted by atomic mass is 10.1. The van der Waals surface area contributed by atoms with Gasteiger partial charge in [0.2, 0.25) is 5.91 Å². The van der Waals surface area contributed by atoms with E-state index in [1.165, 1.54) is 18.2 Å². The minimum atomic E-state index is 0.183. The molecule has 0 atom stereocenters. The molecule has 1 fully saturated rings. The lowest BCUT2D eigenvalue weighted by molar-refractivity contribution is -0.129. The molecule has 0 aliphatic carbocycles. The van der Waals surface area contributed by atoms with Crippen LogP contribution in [-0.2, 0) is 11.4 Å². The summed E-state index contributed by atoms with van der Waals surface area (Å²) in [6.45, 7) is 6.33. The van der Waals surface area contributed by atoms with Gasteiger partial charge in [-0.2, -0.15) is 0 Å². The highest BCUT2D eigenvalue weighted by molar-refractivity contribution is 7.99. The molecule has 3 rings (SSSR count). The van der Waals surface area contributed by atoms with E-state index in [-0.39, 0.29) is 18.6 Å². The van der Waals surface area contributed by atoms with E-state index >= 15 is 0 Å². The van der Waals surface area contributed by atoms with Crippen molar-refractivity contribution in [1.82, 2.24) is 19.7 Å². The van der Waals surface area contributed by atoms with Crippen LogP contribution in [0.3, 0.4) is 0 Å². The average molecular weight is 437 g/mol. The summed E-state index contributed by atoms with van der Waals surface area (Å²) in [4.78, 5) is 14.5. The van der Waals surface area contributed by atoms with Crippen molar-refractivity contribution in [3.05, 3.63) is 35.1 Å². The highest BCUT2D eigenvalue weighted by Gasteiger charge is 2.22. The number of carbonyl (C=O) groups excluding carboxylic acids is 1. The molecule has 158 valence electrons. The number of carbonyl (C=O) groups is 1. The second-order valence-corrected chi connectivity index (χ2v) is 8.54. The standard InChI is InChI=1S/C21H29ClN4O2S/c1-3-16(4-2)26-19(14-28-18-11-7-6-10-17(18)22)23-24-21(26)29-15-20(27)25-12-8-5-9-13-25/h6-7,10-11,16H,3-5,8-9,12-15H2,1-2H3. The van der Waals surface area contributed by atoms with Crippen molar-refractivity contribution in [3.63, 3.8) is 0 Å². The first-order valence-corrected chi connectivity index (χ1v) is 11.7. The number of ether oxygens (including phenoxy) is 1. The number of aromatic nitrogens is 3. The fraction of sp³-hybridized carbons (Fsp3) is 0.571. The van der Waals surface area contributed by atoms with Gasteiger partial charge in [-0.15, -0.1) is 10.2 Å². The van der Waals surface area contributed by atoms with Crippen molar-refractivity contribution in [1.29, 1.82) is 0 Å². The van der Waals surface area contributed by atoms with Crippen molar-refractivity contribution >= 4 is 29.3 Å². The monoisotopic (exact) mass is 436 g/mol. The summed E-state index contributed by atoms with van der Waals surface area (Å²) >= 11 is 7.67. The second-order valence-electron chi connectivity index (χ2n) is 7.19. The molecule has 0 bridgehead atoms. The highest BCUT2D eigenvalue weighted by Crippen LogP contribution is 2.28. The van der Waals surface area contributed by atoms with Crippen LogP contribution in [0.5, 0.6) is 5.75 Å². The molecule has 1 saturated heterocycles. The predicted molar refractivity (Wildman–Crippen MR) is 117 cm³/mol. The molecule has 0 saturated carbocycles. The number of likely N-dealkylation sites (tertiary alicyclic amines) is 1. The van der Waals surface area contributed by atoms with Crippen LogP contribution in [0.4, 0.5) is 0 Å². The lowest BCUT2D eigenvalue weighted by Crippen LogP contribution is -2.36. The van der Waals surface area contributed by atoms with E-state index in [0.717, 1.165) is 49.8 Å². The number of thioether (sulfide) groups is 1. The lowest BCUT2D eigenvalue weighted by Gasteiger charge is -2.26. The summed E-state index contributed by atoms with van der Waals surface area (Å²) in [5, 5.41) is 10.1. The molecule has 0 radical (unpaired) electrons. The van der Waals surface area contributed by atoms with Crippen LogP contribution in [0.15, 0.2) is 29.4 Å². The van der Waals surface area contributed by atoms with E-state index < -0.39 is 0 Å². The fourth-order valence-corrected chi connectivity index (χ4v) is 4.71. The summed E-state index contributed by atoms with van der Waals surface area (Å²) in [6.07, 6.45) is 5.34. The number of amides is 1. The number of hydrogen-bond donors (Lipinski definition) is 0. The summed E-state index contributed by atoms with van der Waals surface area (Å²) in [7, 11) is 0. The maximum atomic E-state index is 12.6. The summed E-state index contributed by atoms with van der Waals surface area (Å²) in [5.74, 6) is 1.96. The predicted octanol–water partition coefficient (Wildman–Crippen LogP) is 4.98. The molecule has 29 heavy (non-hydrogen) atoms. The van der Waals surface area contributed by atoms with Crippen LogP contribution < -0.4 is 4.74 Å². The van der Waals surface area contributed by atoms with E-state index in [4.69, 9.17) is 16.3 Å². The normalized spacial score (nSPS) is 14.4. The molecule has 1 aliphatic rings. The SMILES string of the molecule is CCC(CC)n1c(COc2ccccc2Cl)nnc1SCC(=O)N1CCCCC1. The van der Waals surface area contributed by atoms with E-state index in [1.807, 2.05) is 23.1 Å². The third-order valence-corrected chi connectivity index (χ3v) is 6.51. The van der Waals surface area contributed by atoms with Crippen LogP contribution >= 0.6 is 23.4 Å². The van der Waals surface area contributed by atoms with Gasteiger partial charge in [-0.1, -0.05) is 49.3 Å². The Hall–Kier alpha value is -1.73. The average Bonchev–Trinajstić information content (AvgIpc) is 3.16. The largest absolute Gasteiger partial charge is 0.484 e. The Labute approximate surface area is 182 Å². The Morgan fingerprint density at radius 1 is 1.17 bits per heavy atom. The summed E-state index contributed by atoms with van der Waals surface area (Å²) in [5.41, 5.74) is 0. The number of halogens is 1. The van der Waals surface area contributed by atoms with Crippen LogP contribution in [0.2, 0.25) is 5.02 Å².